The molecule has 0 aliphatic heterocycles. The molecule has 0 unspecified atom stereocenters. The molecule has 6 heteroatoms. The van der Waals surface area contributed by atoms with E-state index in [4.69, 9.17) is 8.83 Å². The minimum atomic E-state index is 0.802. The largest absolute Gasteiger partial charge is 0.452 e. The molecule has 0 fully saturated rings. The quantitative estimate of drug-likeness (QED) is 0.115. The van der Waals surface area contributed by atoms with Crippen LogP contribution in [-0.2, 0) is 0 Å². The third-order valence-corrected chi connectivity index (χ3v) is 19.2. The van der Waals surface area contributed by atoms with Gasteiger partial charge in [-0.1, -0.05) is 231 Å². The molecule has 18 aromatic rings. The van der Waals surface area contributed by atoms with Gasteiger partial charge >= 0.3 is 0 Å². The summed E-state index contributed by atoms with van der Waals surface area (Å²) in [5.74, 6) is 0. The highest BCUT2D eigenvalue weighted by molar-refractivity contribution is 6.33. The second kappa shape index (κ2) is 23.2. The van der Waals surface area contributed by atoms with Crippen molar-refractivity contribution in [1.82, 2.24) is 0 Å². The Hall–Kier alpha value is -12.6. The molecule has 0 N–H and O–H groups in total. The summed E-state index contributed by atoms with van der Waals surface area (Å²) < 4.78 is 15.4. The normalized spacial score (nSPS) is 11.6. The molecule has 0 saturated carbocycles. The summed E-state index contributed by atoms with van der Waals surface area (Å²) in [6.07, 6.45) is 0. The summed E-state index contributed by atoms with van der Waals surface area (Å²) in [5, 5.41) is 13.3. The zero-order chi connectivity index (χ0) is 63.8. The molecule has 0 radical (unpaired) electrons. The molecule has 0 aliphatic rings. The standard InChI is InChI=1S/C90H62N4O2/c1-59-29-18-27-49-77(59)93(69-40-14-6-15-41-69)81-57-64-32-21-25-46-75(64)85-86-76-47-26-22-33-65(76)58-82(90(86)96-89(81)85)94(70-42-16-7-17-43-70)78-50-28-48-72(60(78)2)61-51-53-71(54-52-61)92(68-38-12-5-13-39-68)80-56-63-31-20-24-45-74(63)84-83-73-44-23-19-30-62(73)55-79(87(83)95-88(80)84)91(66-34-8-3-9-35-66)67-36-10-4-11-37-67/h3-58H,1-2H3. The van der Waals surface area contributed by atoms with Gasteiger partial charge in [0.1, 0.15) is 0 Å². The predicted octanol–water partition coefficient (Wildman–Crippen LogP) is 26.3. The van der Waals surface area contributed by atoms with Crippen molar-refractivity contribution in [3.05, 3.63) is 351 Å². The molecule has 0 atom stereocenters. The Balaban J connectivity index is 0.821. The van der Waals surface area contributed by atoms with Gasteiger partial charge in [0.2, 0.25) is 0 Å². The Bertz CT molecular complexity index is 5950. The fraction of sp³-hybridized carbons (Fsp3) is 0.0222. The molecule has 0 bridgehead atoms. The Kier molecular flexibility index (Phi) is 13.6. The van der Waals surface area contributed by atoms with Crippen molar-refractivity contribution in [2.24, 2.45) is 0 Å². The molecule has 2 aromatic heterocycles. The van der Waals surface area contributed by atoms with Gasteiger partial charge in [-0.25, -0.2) is 0 Å². The topological polar surface area (TPSA) is 39.2 Å². The van der Waals surface area contributed by atoms with Gasteiger partial charge in [0.15, 0.2) is 22.3 Å². The van der Waals surface area contributed by atoms with Gasteiger partial charge in [0, 0.05) is 67.0 Å². The Labute approximate surface area is 556 Å². The number of nitrogens with zero attached hydrogens (tertiary/aromatic N) is 4. The van der Waals surface area contributed by atoms with Crippen LogP contribution < -0.4 is 19.6 Å². The smallest absolute Gasteiger partial charge is 0.160 e. The van der Waals surface area contributed by atoms with Crippen LogP contribution in [0.3, 0.4) is 0 Å². The van der Waals surface area contributed by atoms with E-state index in [1.54, 1.807) is 0 Å². The molecular formula is C90H62N4O2. The first-order chi connectivity index (χ1) is 47.5. The number of rotatable bonds is 13. The SMILES string of the molecule is Cc1ccccc1N(c1ccccc1)c1cc2ccccc2c2c1oc1c(N(c3ccccc3)c3cccc(-c4ccc(N(c5ccccc5)c5cc6ccccc6c6c5oc5c(N(c7ccccc7)c7ccccc7)cc7ccccc7c56)cc4)c3C)cc3ccccc3c12. The third kappa shape index (κ3) is 9.25. The summed E-state index contributed by atoms with van der Waals surface area (Å²) in [7, 11) is 0. The van der Waals surface area contributed by atoms with Crippen LogP contribution in [0.25, 0.3) is 98.1 Å². The maximum Gasteiger partial charge on any atom is 0.160 e. The molecule has 454 valence electrons. The molecule has 16 aromatic carbocycles. The number of para-hydroxylation sites is 6. The zero-order valence-electron chi connectivity index (χ0n) is 52.9. The minimum Gasteiger partial charge on any atom is -0.452 e. The Morgan fingerprint density at radius 2 is 0.500 bits per heavy atom. The van der Waals surface area contributed by atoms with Crippen LogP contribution in [0.5, 0.6) is 0 Å². The first-order valence-electron chi connectivity index (χ1n) is 32.8. The van der Waals surface area contributed by atoms with Gasteiger partial charge in [0.05, 0.1) is 22.7 Å². The van der Waals surface area contributed by atoms with E-state index in [2.05, 4.69) is 373 Å². The van der Waals surface area contributed by atoms with E-state index in [0.717, 1.165) is 177 Å². The summed E-state index contributed by atoms with van der Waals surface area (Å²) >= 11 is 0. The van der Waals surface area contributed by atoms with Crippen LogP contribution in [0.2, 0.25) is 0 Å². The minimum absolute atomic E-state index is 0.802. The van der Waals surface area contributed by atoms with Crippen LogP contribution in [0.1, 0.15) is 11.1 Å². The van der Waals surface area contributed by atoms with Gasteiger partial charge in [-0.15, -0.1) is 0 Å². The van der Waals surface area contributed by atoms with E-state index in [9.17, 15) is 0 Å². The second-order valence-electron chi connectivity index (χ2n) is 24.8. The summed E-state index contributed by atoms with van der Waals surface area (Å²) in [5.41, 5.74) is 19.8. The van der Waals surface area contributed by atoms with Gasteiger partial charge < -0.3 is 28.4 Å². The highest BCUT2D eigenvalue weighted by atomic mass is 16.3. The Morgan fingerprint density at radius 3 is 0.865 bits per heavy atom. The van der Waals surface area contributed by atoms with Crippen LogP contribution in [0.15, 0.2) is 349 Å². The number of aryl methyl sites for hydroxylation is 1. The van der Waals surface area contributed by atoms with Crippen molar-refractivity contribution in [2.75, 3.05) is 19.6 Å². The Morgan fingerprint density at radius 1 is 0.219 bits per heavy atom. The van der Waals surface area contributed by atoms with E-state index in [1.807, 2.05) is 0 Å². The van der Waals surface area contributed by atoms with Crippen LogP contribution in [0.4, 0.5) is 68.2 Å². The fourth-order valence-electron chi connectivity index (χ4n) is 14.9. The van der Waals surface area contributed by atoms with E-state index >= 15 is 0 Å². The number of benzene rings is 16. The average Bonchev–Trinajstić information content (AvgIpc) is 1.54. The summed E-state index contributed by atoms with van der Waals surface area (Å²) in [6, 6.07) is 122. The number of hydrogen-bond acceptors (Lipinski definition) is 6. The van der Waals surface area contributed by atoms with E-state index in [0.29, 0.717) is 0 Å². The molecule has 6 nitrogen and oxygen atoms in total. The second-order valence-corrected chi connectivity index (χ2v) is 24.8. The number of anilines is 12. The van der Waals surface area contributed by atoms with Crippen molar-refractivity contribution >= 4 is 155 Å². The first-order valence-corrected chi connectivity index (χ1v) is 32.8. The molecule has 18 rings (SSSR count). The molecular weight excluding hydrogens is 1170 g/mol. The maximum absolute atomic E-state index is 7.72. The lowest BCUT2D eigenvalue weighted by Crippen LogP contribution is -2.12. The first kappa shape index (κ1) is 56.1. The van der Waals surface area contributed by atoms with E-state index in [1.165, 1.54) is 0 Å². The zero-order valence-corrected chi connectivity index (χ0v) is 52.9. The summed E-state index contributed by atoms with van der Waals surface area (Å²) in [6.45, 7) is 4.44. The number of furan rings is 2. The average molecular weight is 1230 g/mol. The van der Waals surface area contributed by atoms with Gasteiger partial charge in [-0.2, -0.15) is 0 Å². The van der Waals surface area contributed by atoms with Gasteiger partial charge in [-0.05, 0) is 188 Å². The van der Waals surface area contributed by atoms with Crippen LogP contribution >= 0.6 is 0 Å². The third-order valence-electron chi connectivity index (χ3n) is 19.2. The van der Waals surface area contributed by atoms with Crippen molar-refractivity contribution in [3.8, 4) is 11.1 Å². The van der Waals surface area contributed by atoms with E-state index < -0.39 is 0 Å². The van der Waals surface area contributed by atoms with Crippen LogP contribution in [-0.4, -0.2) is 0 Å². The molecule has 2 heterocycles. The molecule has 96 heavy (non-hydrogen) atoms. The lowest BCUT2D eigenvalue weighted by atomic mass is 9.95. The van der Waals surface area contributed by atoms with E-state index in [-0.39, 0.29) is 0 Å². The van der Waals surface area contributed by atoms with Gasteiger partial charge in [-0.3, -0.25) is 0 Å². The molecule has 0 aliphatic carbocycles. The highest BCUT2D eigenvalue weighted by Crippen LogP contribution is 2.55. The lowest BCUT2D eigenvalue weighted by Gasteiger charge is -2.29. The van der Waals surface area contributed by atoms with Crippen LogP contribution in [0, 0.1) is 13.8 Å². The molecule has 0 amide bonds. The maximum atomic E-state index is 7.72. The molecule has 0 saturated heterocycles. The number of fused-ring (bicyclic) bond motifs is 14. The molecule has 0 spiro atoms. The fourth-order valence-corrected chi connectivity index (χ4v) is 14.9. The van der Waals surface area contributed by atoms with Crippen molar-refractivity contribution in [1.29, 1.82) is 0 Å². The lowest BCUT2D eigenvalue weighted by molar-refractivity contribution is 0.669. The summed E-state index contributed by atoms with van der Waals surface area (Å²) in [4.78, 5) is 9.47. The van der Waals surface area contributed by atoms with Crippen molar-refractivity contribution < 1.29 is 8.83 Å². The van der Waals surface area contributed by atoms with Gasteiger partial charge in [0.25, 0.3) is 0 Å². The van der Waals surface area contributed by atoms with Crippen molar-refractivity contribution in [3.63, 3.8) is 0 Å². The predicted molar refractivity (Wildman–Crippen MR) is 405 cm³/mol. The number of hydrogen-bond donors (Lipinski definition) is 0. The van der Waals surface area contributed by atoms with Crippen molar-refractivity contribution in [2.45, 2.75) is 13.8 Å². The monoisotopic (exact) mass is 1230 g/mol. The highest BCUT2D eigenvalue weighted by Gasteiger charge is 2.30.